The first-order valence-electron chi connectivity index (χ1n) is 8.47. The summed E-state index contributed by atoms with van der Waals surface area (Å²) >= 11 is 5.92. The maximum atomic E-state index is 12.6. The van der Waals surface area contributed by atoms with Crippen LogP contribution in [0.2, 0.25) is 5.02 Å². The van der Waals surface area contributed by atoms with Crippen molar-refractivity contribution >= 4 is 29.5 Å². The summed E-state index contributed by atoms with van der Waals surface area (Å²) in [6.45, 7) is 4.72. The lowest BCUT2D eigenvalue weighted by atomic mass is 9.96. The molecule has 0 aromatic heterocycles. The number of ether oxygens (including phenoxy) is 1. The summed E-state index contributed by atoms with van der Waals surface area (Å²) in [5.74, 6) is -0.665. The Kier molecular flexibility index (Phi) is 5.18. The minimum atomic E-state index is -0.621. The average molecular weight is 378 g/mol. The maximum absolute atomic E-state index is 12.6. The summed E-state index contributed by atoms with van der Waals surface area (Å²) in [5.41, 5.74) is 1.53. The number of hydrogen-bond donors (Lipinski definition) is 1. The van der Waals surface area contributed by atoms with Crippen molar-refractivity contribution in [3.8, 4) is 0 Å². The molecular formula is C18H20ClN3O4. The third-order valence-corrected chi connectivity index (χ3v) is 4.86. The van der Waals surface area contributed by atoms with Gasteiger partial charge in [-0.2, -0.15) is 0 Å². The highest BCUT2D eigenvalue weighted by atomic mass is 35.5. The van der Waals surface area contributed by atoms with Crippen LogP contribution in [0, 0.1) is 0 Å². The molecule has 0 saturated carbocycles. The number of nitrogens with one attached hydrogen (secondary N) is 1. The molecule has 1 aromatic carbocycles. The fourth-order valence-electron chi connectivity index (χ4n) is 3.20. The lowest BCUT2D eigenvalue weighted by Gasteiger charge is -2.33. The first kappa shape index (κ1) is 18.3. The Morgan fingerprint density at radius 3 is 2.54 bits per heavy atom. The lowest BCUT2D eigenvalue weighted by Crippen LogP contribution is -2.51. The van der Waals surface area contributed by atoms with Gasteiger partial charge in [0.05, 0.1) is 17.3 Å². The zero-order valence-electron chi connectivity index (χ0n) is 14.6. The average Bonchev–Trinajstić information content (AvgIpc) is 3.01. The Morgan fingerprint density at radius 1 is 1.27 bits per heavy atom. The van der Waals surface area contributed by atoms with Crippen LogP contribution in [0.3, 0.4) is 0 Å². The molecule has 7 nitrogen and oxygen atoms in total. The van der Waals surface area contributed by atoms with Crippen molar-refractivity contribution in [2.75, 3.05) is 26.2 Å². The zero-order chi connectivity index (χ0) is 18.8. The van der Waals surface area contributed by atoms with Crippen LogP contribution in [0.4, 0.5) is 4.79 Å². The van der Waals surface area contributed by atoms with Gasteiger partial charge < -0.3 is 15.0 Å². The van der Waals surface area contributed by atoms with Gasteiger partial charge in [0.25, 0.3) is 0 Å². The van der Waals surface area contributed by atoms with E-state index in [9.17, 15) is 14.4 Å². The van der Waals surface area contributed by atoms with E-state index in [0.29, 0.717) is 29.4 Å². The smallest absolute Gasteiger partial charge is 0.338 e. The molecule has 8 heteroatoms. The van der Waals surface area contributed by atoms with Gasteiger partial charge in [-0.15, -0.1) is 0 Å². The minimum Gasteiger partial charge on any atom is -0.456 e. The molecule has 1 aromatic rings. The molecule has 1 N–H and O–H groups in total. The van der Waals surface area contributed by atoms with Crippen LogP contribution in [0.25, 0.3) is 0 Å². The molecule has 0 fully saturated rings. The van der Waals surface area contributed by atoms with E-state index < -0.39 is 18.0 Å². The summed E-state index contributed by atoms with van der Waals surface area (Å²) in [4.78, 5) is 40.3. The molecule has 0 radical (unpaired) electrons. The van der Waals surface area contributed by atoms with Gasteiger partial charge in [0.15, 0.2) is 0 Å². The molecular weight excluding hydrogens is 358 g/mol. The van der Waals surface area contributed by atoms with Gasteiger partial charge in [-0.3, -0.25) is 9.69 Å². The van der Waals surface area contributed by atoms with Crippen molar-refractivity contribution in [3.05, 3.63) is 46.1 Å². The van der Waals surface area contributed by atoms with E-state index >= 15 is 0 Å². The maximum Gasteiger partial charge on any atom is 0.338 e. The molecule has 1 atom stereocenters. The van der Waals surface area contributed by atoms with Crippen molar-refractivity contribution in [1.82, 2.24) is 15.1 Å². The fraction of sp³-hybridized carbons (Fsp3) is 0.389. The largest absolute Gasteiger partial charge is 0.456 e. The van der Waals surface area contributed by atoms with E-state index in [1.54, 1.807) is 29.2 Å². The SMILES string of the molecule is CCN(CC)C(=O)CN1C(=O)NC(c2ccc(Cl)cc2)C2=C1COC2=O. The Morgan fingerprint density at radius 2 is 1.92 bits per heavy atom. The van der Waals surface area contributed by atoms with Gasteiger partial charge in [-0.1, -0.05) is 23.7 Å². The number of carbonyl (C=O) groups is 3. The number of nitrogens with zero attached hydrogens (tertiary/aromatic N) is 2. The monoisotopic (exact) mass is 377 g/mol. The summed E-state index contributed by atoms with van der Waals surface area (Å²) in [6.07, 6.45) is 0. The van der Waals surface area contributed by atoms with Crippen LogP contribution >= 0.6 is 11.6 Å². The van der Waals surface area contributed by atoms with Gasteiger partial charge >= 0.3 is 12.0 Å². The van der Waals surface area contributed by atoms with E-state index in [0.717, 1.165) is 5.56 Å². The highest BCUT2D eigenvalue weighted by Crippen LogP contribution is 2.35. The first-order chi connectivity index (χ1) is 12.5. The third kappa shape index (κ3) is 3.26. The number of likely N-dealkylation sites (N-methyl/N-ethyl adjacent to an activating group) is 1. The molecule has 0 bridgehead atoms. The Balaban J connectivity index is 1.93. The molecule has 0 aliphatic carbocycles. The van der Waals surface area contributed by atoms with E-state index in [1.165, 1.54) is 4.90 Å². The quantitative estimate of drug-likeness (QED) is 0.797. The first-order valence-corrected chi connectivity index (χ1v) is 8.85. The standard InChI is InChI=1S/C18H20ClN3O4/c1-3-21(4-2)14(23)9-22-13-10-26-17(24)15(13)16(20-18(22)25)11-5-7-12(19)8-6-11/h5-8,16H,3-4,9-10H2,1-2H3,(H,20,25). The number of urea groups is 1. The van der Waals surface area contributed by atoms with Crippen LogP contribution in [0.1, 0.15) is 25.5 Å². The van der Waals surface area contributed by atoms with Crippen LogP contribution in [-0.4, -0.2) is 53.9 Å². The van der Waals surface area contributed by atoms with Crippen molar-refractivity contribution in [3.63, 3.8) is 0 Å². The third-order valence-electron chi connectivity index (χ3n) is 4.61. The topological polar surface area (TPSA) is 79.0 Å². The lowest BCUT2D eigenvalue weighted by molar-refractivity contribution is -0.136. The molecule has 2 aliphatic heterocycles. The predicted octanol–water partition coefficient (Wildman–Crippen LogP) is 2.09. The number of carbonyl (C=O) groups excluding carboxylic acids is 3. The van der Waals surface area contributed by atoms with Crippen LogP contribution in [0.15, 0.2) is 35.5 Å². The highest BCUT2D eigenvalue weighted by molar-refractivity contribution is 6.30. The molecule has 2 heterocycles. The second-order valence-electron chi connectivity index (χ2n) is 6.02. The second kappa shape index (κ2) is 7.37. The van der Waals surface area contributed by atoms with Crippen LogP contribution < -0.4 is 5.32 Å². The molecule has 2 aliphatic rings. The van der Waals surface area contributed by atoms with Gasteiger partial charge in [-0.25, -0.2) is 9.59 Å². The minimum absolute atomic E-state index is 0.0167. The summed E-state index contributed by atoms with van der Waals surface area (Å²) < 4.78 is 5.15. The predicted molar refractivity (Wildman–Crippen MR) is 95.3 cm³/mol. The number of halogens is 1. The van der Waals surface area contributed by atoms with E-state index in [-0.39, 0.29) is 19.1 Å². The summed E-state index contributed by atoms with van der Waals surface area (Å²) in [7, 11) is 0. The zero-order valence-corrected chi connectivity index (χ0v) is 15.4. The second-order valence-corrected chi connectivity index (χ2v) is 6.46. The number of rotatable bonds is 5. The molecule has 3 rings (SSSR count). The number of cyclic esters (lactones) is 1. The van der Waals surface area contributed by atoms with E-state index in [4.69, 9.17) is 16.3 Å². The summed E-state index contributed by atoms with van der Waals surface area (Å²) in [5, 5.41) is 3.36. The number of esters is 1. The van der Waals surface area contributed by atoms with Gasteiger partial charge in [-0.05, 0) is 31.5 Å². The van der Waals surface area contributed by atoms with Gasteiger partial charge in [0.2, 0.25) is 5.91 Å². The van der Waals surface area contributed by atoms with Crippen molar-refractivity contribution < 1.29 is 19.1 Å². The van der Waals surface area contributed by atoms with Crippen LogP contribution in [0.5, 0.6) is 0 Å². The normalized spacial score (nSPS) is 19.2. The van der Waals surface area contributed by atoms with Gasteiger partial charge in [0.1, 0.15) is 13.2 Å². The van der Waals surface area contributed by atoms with Gasteiger partial charge in [0, 0.05) is 18.1 Å². The molecule has 26 heavy (non-hydrogen) atoms. The molecule has 3 amide bonds. The van der Waals surface area contributed by atoms with Crippen molar-refractivity contribution in [1.29, 1.82) is 0 Å². The number of amides is 3. The number of hydrogen-bond acceptors (Lipinski definition) is 4. The van der Waals surface area contributed by atoms with E-state index in [2.05, 4.69) is 5.32 Å². The molecule has 1 unspecified atom stereocenters. The Bertz CT molecular complexity index is 771. The van der Waals surface area contributed by atoms with Crippen molar-refractivity contribution in [2.24, 2.45) is 0 Å². The number of benzene rings is 1. The molecule has 0 saturated heterocycles. The van der Waals surface area contributed by atoms with Crippen LogP contribution in [-0.2, 0) is 14.3 Å². The fourth-order valence-corrected chi connectivity index (χ4v) is 3.32. The van der Waals surface area contributed by atoms with E-state index in [1.807, 2.05) is 13.8 Å². The van der Waals surface area contributed by atoms with Crippen molar-refractivity contribution in [2.45, 2.75) is 19.9 Å². The Labute approximate surface area is 156 Å². The highest BCUT2D eigenvalue weighted by Gasteiger charge is 2.42. The summed E-state index contributed by atoms with van der Waals surface area (Å²) in [6, 6.07) is 5.84. The molecule has 0 spiro atoms. The molecule has 138 valence electrons. The Hall–Kier alpha value is -2.54.